The Morgan fingerprint density at radius 3 is 1.70 bits per heavy atom. The van der Waals surface area contributed by atoms with Gasteiger partial charge in [-0.05, 0) is 69.9 Å². The molecule has 0 aliphatic heterocycles. The van der Waals surface area contributed by atoms with Crippen molar-refractivity contribution in [2.24, 2.45) is 0 Å². The van der Waals surface area contributed by atoms with Crippen molar-refractivity contribution in [2.45, 2.75) is 63.7 Å². The number of benzene rings is 2. The first-order valence-electron chi connectivity index (χ1n) is 16.1. The van der Waals surface area contributed by atoms with E-state index < -0.39 is 0 Å². The third-order valence-corrected chi connectivity index (χ3v) is 8.64. The van der Waals surface area contributed by atoms with Gasteiger partial charge in [0, 0.05) is 18.2 Å². The summed E-state index contributed by atoms with van der Waals surface area (Å²) in [5.74, 6) is 1.96. The van der Waals surface area contributed by atoms with E-state index in [0.717, 1.165) is 53.9 Å². The van der Waals surface area contributed by atoms with Crippen LogP contribution >= 0.6 is 0 Å². The molecule has 14 nitrogen and oxygen atoms in total. The molecule has 8 rings (SSSR count). The second kappa shape index (κ2) is 12.9. The molecule has 4 heterocycles. The van der Waals surface area contributed by atoms with Gasteiger partial charge in [-0.2, -0.15) is 10.5 Å². The van der Waals surface area contributed by atoms with Gasteiger partial charge in [0.05, 0.1) is 34.2 Å². The largest absolute Gasteiger partial charge is 0.382 e. The van der Waals surface area contributed by atoms with Crippen molar-refractivity contribution >= 4 is 45.3 Å². The smallest absolute Gasteiger partial charge is 0.150 e. The van der Waals surface area contributed by atoms with E-state index in [1.54, 1.807) is 12.1 Å². The van der Waals surface area contributed by atoms with Crippen molar-refractivity contribution in [1.82, 2.24) is 39.0 Å². The van der Waals surface area contributed by atoms with Gasteiger partial charge >= 0.3 is 0 Å². The molecule has 6 N–H and O–H groups in total. The molecule has 2 aromatic carbocycles. The van der Waals surface area contributed by atoms with Crippen LogP contribution in [0.1, 0.15) is 86.5 Å². The van der Waals surface area contributed by atoms with E-state index in [-0.39, 0.29) is 46.5 Å². The Kier molecular flexibility index (Phi) is 8.28. The number of hydrogen-bond donors (Lipinski definition) is 4. The second-order valence-electron chi connectivity index (χ2n) is 12.3. The molecule has 16 heteroatoms. The van der Waals surface area contributed by atoms with Crippen molar-refractivity contribution in [2.75, 3.05) is 22.1 Å². The summed E-state index contributed by atoms with van der Waals surface area (Å²) in [6.07, 6.45) is 6.87. The van der Waals surface area contributed by atoms with Gasteiger partial charge in [-0.15, -0.1) is 0 Å². The van der Waals surface area contributed by atoms with E-state index in [4.69, 9.17) is 11.5 Å². The SMILES string of the molecule is C[C@H](Nc1ncnc(N)c1C#N)c1nc2cc(F)ccc2n1C1CC1.C[C@H](Nc1ncnc(N)c1C#N)c1nc2ccc(F)cc2n1C1CC1. The van der Waals surface area contributed by atoms with Crippen LogP contribution in [0.4, 0.5) is 32.1 Å². The van der Waals surface area contributed by atoms with Crippen LogP contribution in [0.25, 0.3) is 22.1 Å². The first-order chi connectivity index (χ1) is 24.2. The minimum absolute atomic E-state index is 0.130. The van der Waals surface area contributed by atoms with Gasteiger partial charge in [0.25, 0.3) is 0 Å². The second-order valence-corrected chi connectivity index (χ2v) is 12.3. The lowest BCUT2D eigenvalue weighted by Gasteiger charge is -2.17. The quantitative estimate of drug-likeness (QED) is 0.150. The van der Waals surface area contributed by atoms with Crippen LogP contribution in [0.15, 0.2) is 49.1 Å². The topological polar surface area (TPSA) is 211 Å². The molecule has 0 saturated heterocycles. The summed E-state index contributed by atoms with van der Waals surface area (Å²) >= 11 is 0. The molecule has 252 valence electrons. The van der Waals surface area contributed by atoms with Gasteiger partial charge in [-0.3, -0.25) is 0 Å². The Morgan fingerprint density at radius 1 is 0.700 bits per heavy atom. The molecule has 0 spiro atoms. The van der Waals surface area contributed by atoms with Crippen LogP contribution in [-0.4, -0.2) is 39.0 Å². The summed E-state index contributed by atoms with van der Waals surface area (Å²) in [6, 6.07) is 13.5. The van der Waals surface area contributed by atoms with Crippen molar-refractivity contribution in [3.63, 3.8) is 0 Å². The number of hydrogen-bond acceptors (Lipinski definition) is 12. The Bertz CT molecular complexity index is 2260. The Hall–Kier alpha value is -6.42. The van der Waals surface area contributed by atoms with Gasteiger partial charge in [-0.1, -0.05) is 0 Å². The van der Waals surface area contributed by atoms with E-state index in [9.17, 15) is 19.3 Å². The normalized spacial score (nSPS) is 15.1. The highest BCUT2D eigenvalue weighted by Crippen LogP contribution is 2.41. The highest BCUT2D eigenvalue weighted by atomic mass is 19.1. The highest BCUT2D eigenvalue weighted by molar-refractivity contribution is 5.78. The number of nitrogens with two attached hydrogens (primary N) is 2. The molecule has 2 atom stereocenters. The van der Waals surface area contributed by atoms with E-state index in [1.165, 1.54) is 36.9 Å². The third-order valence-electron chi connectivity index (χ3n) is 8.64. The summed E-state index contributed by atoms with van der Waals surface area (Å²) in [5.41, 5.74) is 15.0. The fraction of sp³-hybridized carbons (Fsp3) is 0.294. The van der Waals surface area contributed by atoms with Crippen LogP contribution in [0.2, 0.25) is 0 Å². The number of nitriles is 2. The molecule has 4 aromatic heterocycles. The first kappa shape index (κ1) is 32.1. The van der Waals surface area contributed by atoms with Crippen LogP contribution < -0.4 is 22.1 Å². The van der Waals surface area contributed by atoms with Crippen molar-refractivity contribution in [3.8, 4) is 12.1 Å². The minimum Gasteiger partial charge on any atom is -0.382 e. The average molecular weight is 675 g/mol. The predicted octanol–water partition coefficient (Wildman–Crippen LogP) is 5.85. The Balaban J connectivity index is 0.000000157. The molecule has 2 fully saturated rings. The summed E-state index contributed by atoms with van der Waals surface area (Å²) in [4.78, 5) is 25.2. The maximum absolute atomic E-state index is 13.7. The highest BCUT2D eigenvalue weighted by Gasteiger charge is 2.32. The van der Waals surface area contributed by atoms with E-state index in [1.807, 2.05) is 26.0 Å². The Morgan fingerprint density at radius 2 is 1.18 bits per heavy atom. The number of halogens is 2. The number of rotatable bonds is 8. The van der Waals surface area contributed by atoms with Crippen molar-refractivity contribution < 1.29 is 8.78 Å². The molecular formula is C34H32F2N14. The summed E-state index contributed by atoms with van der Waals surface area (Å²) in [6.45, 7) is 3.85. The van der Waals surface area contributed by atoms with E-state index in [2.05, 4.69) is 49.7 Å². The van der Waals surface area contributed by atoms with E-state index >= 15 is 0 Å². The summed E-state index contributed by atoms with van der Waals surface area (Å²) in [5, 5.41) is 24.9. The van der Waals surface area contributed by atoms with Gasteiger partial charge < -0.3 is 31.2 Å². The minimum atomic E-state index is -0.310. The number of fused-ring (bicyclic) bond motifs is 2. The number of nitrogens with zero attached hydrogens (tertiary/aromatic N) is 10. The van der Waals surface area contributed by atoms with Crippen molar-refractivity contribution in [1.29, 1.82) is 10.5 Å². The molecule has 0 radical (unpaired) electrons. The maximum atomic E-state index is 13.7. The summed E-state index contributed by atoms with van der Waals surface area (Å²) in [7, 11) is 0. The zero-order chi connectivity index (χ0) is 35.1. The molecule has 2 aliphatic carbocycles. The lowest BCUT2D eigenvalue weighted by atomic mass is 10.2. The number of anilines is 4. The van der Waals surface area contributed by atoms with Crippen LogP contribution in [0.5, 0.6) is 0 Å². The molecule has 2 saturated carbocycles. The van der Waals surface area contributed by atoms with Crippen LogP contribution in [0, 0.1) is 34.3 Å². The maximum Gasteiger partial charge on any atom is 0.150 e. The molecule has 0 amide bonds. The molecule has 0 unspecified atom stereocenters. The zero-order valence-electron chi connectivity index (χ0n) is 27.1. The van der Waals surface area contributed by atoms with Gasteiger partial charge in [0.1, 0.15) is 82.5 Å². The molecule has 6 aromatic rings. The van der Waals surface area contributed by atoms with Gasteiger partial charge in [0.15, 0.2) is 0 Å². The standard InChI is InChI=1S/2C17H16FN7/c1-9(23-16-12(7-19)15(20)21-8-22-16)17-24-13-6-10(18)2-5-14(13)25(17)11-3-4-11;1-9(23-16-12(7-19)15(20)21-8-22-16)17-24-13-5-2-10(18)6-14(13)25(17)11-3-4-11/h2*2,5-6,8-9,11H,3-4H2,1H3,(H3,20,21,22,23)/t2*9-/m00/s1. The third kappa shape index (κ3) is 6.14. The molecular weight excluding hydrogens is 642 g/mol. The number of imidazole rings is 2. The molecule has 2 aliphatic rings. The van der Waals surface area contributed by atoms with Gasteiger partial charge in [-0.25, -0.2) is 38.7 Å². The zero-order valence-corrected chi connectivity index (χ0v) is 27.1. The number of nitrogens with one attached hydrogen (secondary N) is 2. The summed E-state index contributed by atoms with van der Waals surface area (Å²) < 4.78 is 31.4. The number of aromatic nitrogens is 8. The molecule has 50 heavy (non-hydrogen) atoms. The first-order valence-corrected chi connectivity index (χ1v) is 16.1. The molecule has 0 bridgehead atoms. The fourth-order valence-corrected chi connectivity index (χ4v) is 6.00. The fourth-order valence-electron chi connectivity index (χ4n) is 6.00. The van der Waals surface area contributed by atoms with E-state index in [0.29, 0.717) is 29.2 Å². The van der Waals surface area contributed by atoms with Crippen molar-refractivity contribution in [3.05, 3.63) is 83.5 Å². The van der Waals surface area contributed by atoms with Crippen LogP contribution in [-0.2, 0) is 0 Å². The Labute approximate surface area is 284 Å². The average Bonchev–Trinajstić information content (AvgIpc) is 4.04. The monoisotopic (exact) mass is 674 g/mol. The predicted molar refractivity (Wildman–Crippen MR) is 182 cm³/mol. The lowest BCUT2D eigenvalue weighted by Crippen LogP contribution is -2.15. The van der Waals surface area contributed by atoms with Crippen LogP contribution in [0.3, 0.4) is 0 Å². The number of nitrogen functional groups attached to an aromatic ring is 2. The van der Waals surface area contributed by atoms with Gasteiger partial charge in [0.2, 0.25) is 0 Å². The lowest BCUT2D eigenvalue weighted by molar-refractivity contribution is 0.625.